The van der Waals surface area contributed by atoms with Gasteiger partial charge in [-0.15, -0.1) is 11.3 Å². The molecule has 0 bridgehead atoms. The molecule has 0 fully saturated rings. The Kier molecular flexibility index (Phi) is 6.05. The van der Waals surface area contributed by atoms with Crippen LogP contribution in [0.1, 0.15) is 17.3 Å². The fourth-order valence-corrected chi connectivity index (χ4v) is 4.70. The van der Waals surface area contributed by atoms with E-state index in [1.807, 2.05) is 0 Å². The summed E-state index contributed by atoms with van der Waals surface area (Å²) in [6.07, 6.45) is -0.131. The molecule has 0 saturated carbocycles. The van der Waals surface area contributed by atoms with Gasteiger partial charge in [0.1, 0.15) is 4.90 Å². The SMILES string of the molecule is COC(=O)C[C@@H](NS(=O)(=O)c1cc(Cl)ccc1Cl)c1cccs1. The minimum Gasteiger partial charge on any atom is -0.469 e. The number of carbonyl (C=O) groups excluding carboxylic acids is 1. The molecule has 1 aromatic heterocycles. The third-order valence-electron chi connectivity index (χ3n) is 2.97. The molecule has 0 aliphatic heterocycles. The van der Waals surface area contributed by atoms with Crippen molar-refractivity contribution in [3.05, 3.63) is 50.6 Å². The lowest BCUT2D eigenvalue weighted by Gasteiger charge is -2.17. The molecule has 2 rings (SSSR count). The molecule has 0 amide bonds. The van der Waals surface area contributed by atoms with E-state index in [1.165, 1.54) is 36.6 Å². The molecule has 0 unspecified atom stereocenters. The van der Waals surface area contributed by atoms with Crippen LogP contribution in [0.25, 0.3) is 0 Å². The molecule has 1 heterocycles. The third kappa shape index (κ3) is 4.68. The Bertz CT molecular complexity index is 791. The first-order valence-corrected chi connectivity index (χ1v) is 9.53. The van der Waals surface area contributed by atoms with Gasteiger partial charge in [0.05, 0.1) is 24.6 Å². The predicted molar refractivity (Wildman–Crippen MR) is 90.5 cm³/mol. The second kappa shape index (κ2) is 7.63. The topological polar surface area (TPSA) is 72.5 Å². The normalized spacial score (nSPS) is 12.8. The van der Waals surface area contributed by atoms with Crippen LogP contribution < -0.4 is 4.72 Å². The van der Waals surface area contributed by atoms with Gasteiger partial charge in [0.2, 0.25) is 10.0 Å². The molecule has 2 aromatic rings. The number of methoxy groups -OCH3 is 1. The molecule has 0 saturated heterocycles. The first-order valence-electron chi connectivity index (χ1n) is 6.41. The number of carbonyl (C=O) groups is 1. The summed E-state index contributed by atoms with van der Waals surface area (Å²) in [5, 5.41) is 2.08. The van der Waals surface area contributed by atoms with Crippen LogP contribution in [0, 0.1) is 0 Å². The van der Waals surface area contributed by atoms with E-state index >= 15 is 0 Å². The van der Waals surface area contributed by atoms with Crippen LogP contribution in [-0.4, -0.2) is 21.5 Å². The van der Waals surface area contributed by atoms with Crippen molar-refractivity contribution in [2.45, 2.75) is 17.4 Å². The molecule has 0 spiro atoms. The summed E-state index contributed by atoms with van der Waals surface area (Å²) >= 11 is 13.1. The number of hydrogen-bond acceptors (Lipinski definition) is 5. The number of rotatable bonds is 6. The van der Waals surface area contributed by atoms with E-state index in [4.69, 9.17) is 23.2 Å². The second-order valence-corrected chi connectivity index (χ2v) is 8.05. The summed E-state index contributed by atoms with van der Waals surface area (Å²) < 4.78 is 32.3. The lowest BCUT2D eigenvalue weighted by Crippen LogP contribution is -2.30. The van der Waals surface area contributed by atoms with Gasteiger partial charge in [0.15, 0.2) is 0 Å². The number of sulfonamides is 1. The van der Waals surface area contributed by atoms with E-state index in [1.54, 1.807) is 17.5 Å². The van der Waals surface area contributed by atoms with Gasteiger partial charge in [-0.1, -0.05) is 29.3 Å². The highest BCUT2D eigenvalue weighted by atomic mass is 35.5. The lowest BCUT2D eigenvalue weighted by molar-refractivity contribution is -0.141. The van der Waals surface area contributed by atoms with E-state index in [0.29, 0.717) is 4.88 Å². The van der Waals surface area contributed by atoms with Crippen LogP contribution in [0.15, 0.2) is 40.6 Å². The zero-order chi connectivity index (χ0) is 17.0. The van der Waals surface area contributed by atoms with E-state index in [0.717, 1.165) is 0 Å². The molecule has 0 radical (unpaired) electrons. The summed E-state index contributed by atoms with van der Waals surface area (Å²) in [5.41, 5.74) is 0. The standard InChI is InChI=1S/C14H13Cl2NO4S2/c1-21-14(18)8-11(12-3-2-6-22-12)17-23(19,20)13-7-9(15)4-5-10(13)16/h2-7,11,17H,8H2,1H3/t11-/m1/s1. The third-order valence-corrected chi connectivity index (χ3v) is 6.14. The van der Waals surface area contributed by atoms with Gasteiger partial charge in [0.25, 0.3) is 0 Å². The zero-order valence-electron chi connectivity index (χ0n) is 12.0. The van der Waals surface area contributed by atoms with Gasteiger partial charge in [0, 0.05) is 9.90 Å². The molecule has 124 valence electrons. The maximum Gasteiger partial charge on any atom is 0.307 e. The average molecular weight is 394 g/mol. The largest absolute Gasteiger partial charge is 0.469 e. The Morgan fingerprint density at radius 3 is 2.70 bits per heavy atom. The van der Waals surface area contributed by atoms with Crippen molar-refractivity contribution in [1.82, 2.24) is 4.72 Å². The summed E-state index contributed by atoms with van der Waals surface area (Å²) in [6, 6.07) is 6.91. The maximum atomic E-state index is 12.6. The smallest absolute Gasteiger partial charge is 0.307 e. The summed E-state index contributed by atoms with van der Waals surface area (Å²) in [7, 11) is -2.71. The minimum absolute atomic E-state index is 0.0462. The number of esters is 1. The van der Waals surface area contributed by atoms with E-state index < -0.39 is 22.0 Å². The first-order chi connectivity index (χ1) is 10.8. The fraction of sp³-hybridized carbons (Fsp3) is 0.214. The molecule has 1 aromatic carbocycles. The zero-order valence-corrected chi connectivity index (χ0v) is 15.1. The van der Waals surface area contributed by atoms with E-state index in [9.17, 15) is 13.2 Å². The average Bonchev–Trinajstić information content (AvgIpc) is 3.03. The molecule has 0 aliphatic carbocycles. The molecule has 9 heteroatoms. The minimum atomic E-state index is -3.96. The van der Waals surface area contributed by atoms with Crippen molar-refractivity contribution in [1.29, 1.82) is 0 Å². The molecule has 23 heavy (non-hydrogen) atoms. The molecule has 5 nitrogen and oxygen atoms in total. The van der Waals surface area contributed by atoms with Crippen molar-refractivity contribution < 1.29 is 17.9 Å². The Morgan fingerprint density at radius 1 is 1.35 bits per heavy atom. The van der Waals surface area contributed by atoms with Gasteiger partial charge >= 0.3 is 5.97 Å². The van der Waals surface area contributed by atoms with Crippen LogP contribution >= 0.6 is 34.5 Å². The lowest BCUT2D eigenvalue weighted by atomic mass is 10.2. The van der Waals surface area contributed by atoms with Gasteiger partial charge in [-0.3, -0.25) is 4.79 Å². The molecular weight excluding hydrogens is 381 g/mol. The summed E-state index contributed by atoms with van der Waals surface area (Å²) in [4.78, 5) is 12.1. The number of benzene rings is 1. The molecule has 1 atom stereocenters. The van der Waals surface area contributed by atoms with Crippen LogP contribution in [0.5, 0.6) is 0 Å². The summed E-state index contributed by atoms with van der Waals surface area (Å²) in [6.45, 7) is 0. The van der Waals surface area contributed by atoms with Crippen LogP contribution in [-0.2, 0) is 19.6 Å². The van der Waals surface area contributed by atoms with Crippen molar-refractivity contribution in [2.75, 3.05) is 7.11 Å². The molecular formula is C14H13Cl2NO4S2. The number of ether oxygens (including phenoxy) is 1. The second-order valence-electron chi connectivity index (χ2n) is 4.54. The number of nitrogens with one attached hydrogen (secondary N) is 1. The van der Waals surface area contributed by atoms with Crippen molar-refractivity contribution in [3.63, 3.8) is 0 Å². The quantitative estimate of drug-likeness (QED) is 0.760. The highest BCUT2D eigenvalue weighted by Crippen LogP contribution is 2.29. The fourth-order valence-electron chi connectivity index (χ4n) is 1.87. The van der Waals surface area contributed by atoms with Crippen molar-refractivity contribution in [2.24, 2.45) is 0 Å². The Hall–Kier alpha value is -1.12. The highest BCUT2D eigenvalue weighted by molar-refractivity contribution is 7.89. The van der Waals surface area contributed by atoms with Gasteiger partial charge in [-0.05, 0) is 29.6 Å². The number of halogens is 2. The van der Waals surface area contributed by atoms with E-state index in [-0.39, 0.29) is 21.4 Å². The Labute approximate surface area is 148 Å². The Morgan fingerprint density at radius 2 is 2.09 bits per heavy atom. The first kappa shape index (κ1) is 18.2. The van der Waals surface area contributed by atoms with Gasteiger partial charge in [-0.2, -0.15) is 0 Å². The van der Waals surface area contributed by atoms with E-state index in [2.05, 4.69) is 9.46 Å². The van der Waals surface area contributed by atoms with Crippen molar-refractivity contribution >= 4 is 50.5 Å². The predicted octanol–water partition coefficient (Wildman–Crippen LogP) is 3.64. The van der Waals surface area contributed by atoms with Crippen molar-refractivity contribution in [3.8, 4) is 0 Å². The van der Waals surface area contributed by atoms with Gasteiger partial charge in [-0.25, -0.2) is 13.1 Å². The number of thiophene rings is 1. The highest BCUT2D eigenvalue weighted by Gasteiger charge is 2.26. The number of hydrogen-bond donors (Lipinski definition) is 1. The summed E-state index contributed by atoms with van der Waals surface area (Å²) in [5.74, 6) is -0.525. The van der Waals surface area contributed by atoms with Crippen LogP contribution in [0.4, 0.5) is 0 Å². The molecule has 0 aliphatic rings. The maximum absolute atomic E-state index is 12.6. The Balaban J connectivity index is 2.34. The van der Waals surface area contributed by atoms with Crippen LogP contribution in [0.3, 0.4) is 0 Å². The van der Waals surface area contributed by atoms with Gasteiger partial charge < -0.3 is 4.74 Å². The monoisotopic (exact) mass is 393 g/mol. The van der Waals surface area contributed by atoms with Crippen LogP contribution in [0.2, 0.25) is 10.0 Å². The molecule has 1 N–H and O–H groups in total.